The Bertz CT molecular complexity index is 2500. The van der Waals surface area contributed by atoms with Gasteiger partial charge in [0.05, 0.1) is 35.5 Å². The van der Waals surface area contributed by atoms with Gasteiger partial charge in [0.25, 0.3) is 0 Å². The number of pyridine rings is 1. The number of hydrogen-bond donors (Lipinski definition) is 4. The van der Waals surface area contributed by atoms with Gasteiger partial charge in [0.1, 0.15) is 24.5 Å². The van der Waals surface area contributed by atoms with Crippen molar-refractivity contribution in [3.8, 4) is 34.1 Å². The third kappa shape index (κ3) is 9.00. The Morgan fingerprint density at radius 2 is 1.76 bits per heavy atom. The summed E-state index contributed by atoms with van der Waals surface area (Å²) in [6, 6.07) is 26.6. The molecule has 12 nitrogen and oxygen atoms in total. The molecular weight excluding hydrogens is 777 g/mol. The zero-order valence-corrected chi connectivity index (χ0v) is 33.2. The number of amides is 1. The van der Waals surface area contributed by atoms with Crippen LogP contribution in [0.2, 0.25) is 10.0 Å². The largest absolute Gasteiger partial charge is 0.489 e. The molecule has 0 spiro atoms. The van der Waals surface area contributed by atoms with Crippen LogP contribution in [0, 0.1) is 11.3 Å². The van der Waals surface area contributed by atoms with Crippen molar-refractivity contribution >= 4 is 46.0 Å². The van der Waals surface area contributed by atoms with Crippen LogP contribution in [0.3, 0.4) is 0 Å². The second kappa shape index (κ2) is 18.2. The van der Waals surface area contributed by atoms with Gasteiger partial charge in [-0.05, 0) is 52.9 Å². The summed E-state index contributed by atoms with van der Waals surface area (Å²) in [5, 5.41) is 41.4. The molecule has 0 saturated carbocycles. The number of fused-ring (bicyclic) bond motifs is 1. The first-order valence-electron chi connectivity index (χ1n) is 18.8. The number of rotatable bonds is 16. The lowest BCUT2D eigenvalue weighted by Crippen LogP contribution is -2.39. The minimum absolute atomic E-state index is 0.0566. The van der Waals surface area contributed by atoms with Crippen LogP contribution in [0.15, 0.2) is 97.5 Å². The number of carbonyl (C=O) groups is 2. The number of benzene rings is 4. The molecule has 3 heterocycles. The normalized spacial score (nSPS) is 14.5. The zero-order valence-electron chi connectivity index (χ0n) is 31.7. The van der Waals surface area contributed by atoms with Gasteiger partial charge < -0.3 is 25.2 Å². The molecule has 1 fully saturated rings. The molecule has 14 heteroatoms. The van der Waals surface area contributed by atoms with Gasteiger partial charge in [0.15, 0.2) is 0 Å². The van der Waals surface area contributed by atoms with E-state index in [1.54, 1.807) is 24.4 Å². The topological polar surface area (TPSA) is 166 Å². The first kappa shape index (κ1) is 40.4. The SMILES string of the molecule is CN1C(=O)CCC1CNCc1ccc(-c2cccc(-c3cccc4c3cnn4Cc3cc(OCc4cncc(C#N)c4)c(CNC(CO)C(=O)O)cc3Cl)c2Cl)cc1. The number of aliphatic carboxylic acids is 1. The van der Waals surface area contributed by atoms with Crippen molar-refractivity contribution in [2.45, 2.75) is 51.2 Å². The van der Waals surface area contributed by atoms with Gasteiger partial charge in [-0.1, -0.05) is 77.8 Å². The number of carbonyl (C=O) groups excluding carboxylic acids is 1. The summed E-state index contributed by atoms with van der Waals surface area (Å²) in [6.07, 6.45) is 6.38. The highest BCUT2D eigenvalue weighted by Gasteiger charge is 2.27. The van der Waals surface area contributed by atoms with Crippen LogP contribution in [-0.2, 0) is 35.8 Å². The number of halogens is 2. The Kier molecular flexibility index (Phi) is 12.7. The van der Waals surface area contributed by atoms with E-state index in [2.05, 4.69) is 46.0 Å². The highest BCUT2D eigenvalue weighted by molar-refractivity contribution is 6.36. The summed E-state index contributed by atoms with van der Waals surface area (Å²) in [5.41, 5.74) is 8.06. The van der Waals surface area contributed by atoms with E-state index in [1.165, 1.54) is 6.20 Å². The molecule has 1 saturated heterocycles. The standard InChI is InChI=1S/C44H41Cl2N7O5/c1-52-33(12-13-42(52)55)22-49-18-27-8-10-30(11-9-27)34-4-2-6-36(43(34)46)35-5-3-7-40-37(35)23-51-53(40)24-32-16-41(58-26-29-14-28(17-47)19-48-20-29)31(15-38(32)45)21-50-39(25-54)44(56)57/h2-11,14-16,19-20,23,33,39,49-50,54H,12-13,18,21-22,24-26H2,1H3,(H,56,57). The van der Waals surface area contributed by atoms with Crippen LogP contribution in [-0.4, -0.2) is 74.0 Å². The lowest BCUT2D eigenvalue weighted by molar-refractivity contribution is -0.140. The van der Waals surface area contributed by atoms with E-state index in [4.69, 9.17) is 33.0 Å². The number of likely N-dealkylation sites (tertiary alicyclic amines) is 1. The first-order valence-corrected chi connectivity index (χ1v) is 19.5. The molecule has 7 rings (SSSR count). The van der Waals surface area contributed by atoms with E-state index in [9.17, 15) is 25.1 Å². The van der Waals surface area contributed by atoms with Gasteiger partial charge in [0.2, 0.25) is 5.91 Å². The molecule has 296 valence electrons. The molecule has 0 aliphatic carbocycles. The number of carboxylic acids is 1. The molecule has 4 N–H and O–H groups in total. The fraction of sp³-hybridized carbons (Fsp3) is 0.250. The van der Waals surface area contributed by atoms with Crippen molar-refractivity contribution in [1.29, 1.82) is 5.26 Å². The summed E-state index contributed by atoms with van der Waals surface area (Å²) in [7, 11) is 1.87. The van der Waals surface area contributed by atoms with Gasteiger partial charge in [-0.25, -0.2) is 0 Å². The number of ether oxygens (including phenoxy) is 1. The quantitative estimate of drug-likeness (QED) is 0.0815. The Labute approximate surface area is 345 Å². The molecule has 4 aromatic carbocycles. The Balaban J connectivity index is 1.12. The number of aliphatic hydroxyl groups is 1. The Morgan fingerprint density at radius 1 is 0.983 bits per heavy atom. The van der Waals surface area contributed by atoms with Crippen molar-refractivity contribution in [3.63, 3.8) is 0 Å². The Hall–Kier alpha value is -5.81. The van der Waals surface area contributed by atoms with E-state index < -0.39 is 18.6 Å². The van der Waals surface area contributed by atoms with Crippen LogP contribution < -0.4 is 15.4 Å². The van der Waals surface area contributed by atoms with E-state index >= 15 is 0 Å². The molecule has 0 radical (unpaired) electrons. The Morgan fingerprint density at radius 3 is 2.50 bits per heavy atom. The number of aromatic nitrogens is 3. The number of carboxylic acid groups (broad SMARTS) is 1. The fourth-order valence-electron chi connectivity index (χ4n) is 7.16. The highest BCUT2D eigenvalue weighted by Crippen LogP contribution is 2.39. The number of nitriles is 1. The fourth-order valence-corrected chi connectivity index (χ4v) is 7.74. The van der Waals surface area contributed by atoms with Crippen LogP contribution in [0.1, 0.15) is 40.7 Å². The summed E-state index contributed by atoms with van der Waals surface area (Å²) in [6.45, 7) is 1.31. The summed E-state index contributed by atoms with van der Waals surface area (Å²) in [4.78, 5) is 29.4. The number of likely N-dealkylation sites (N-methyl/N-ethyl adjacent to an activating group) is 1. The van der Waals surface area contributed by atoms with E-state index in [0.29, 0.717) is 57.6 Å². The second-order valence-electron chi connectivity index (χ2n) is 14.2. The van der Waals surface area contributed by atoms with Crippen molar-refractivity contribution in [3.05, 3.63) is 135 Å². The molecule has 1 aliphatic heterocycles. The first-order chi connectivity index (χ1) is 28.1. The van der Waals surface area contributed by atoms with E-state index in [-0.39, 0.29) is 25.1 Å². The minimum Gasteiger partial charge on any atom is -0.489 e. The van der Waals surface area contributed by atoms with Crippen molar-refractivity contribution in [2.24, 2.45) is 0 Å². The van der Waals surface area contributed by atoms with Crippen molar-refractivity contribution in [2.75, 3.05) is 20.2 Å². The number of nitrogens with zero attached hydrogens (tertiary/aromatic N) is 5. The smallest absolute Gasteiger partial charge is 0.323 e. The van der Waals surface area contributed by atoms with Crippen LogP contribution >= 0.6 is 23.2 Å². The average Bonchev–Trinajstić information content (AvgIpc) is 3.79. The molecular formula is C44H41Cl2N7O5. The van der Waals surface area contributed by atoms with Gasteiger partial charge in [-0.2, -0.15) is 10.4 Å². The highest BCUT2D eigenvalue weighted by atomic mass is 35.5. The number of hydrogen-bond acceptors (Lipinski definition) is 9. The zero-order chi connectivity index (χ0) is 40.8. The van der Waals surface area contributed by atoms with E-state index in [1.807, 2.05) is 59.2 Å². The molecule has 2 unspecified atom stereocenters. The molecule has 6 aromatic rings. The lowest BCUT2D eigenvalue weighted by atomic mass is 9.96. The molecule has 58 heavy (non-hydrogen) atoms. The summed E-state index contributed by atoms with van der Waals surface area (Å²) < 4.78 is 8.07. The molecule has 0 bridgehead atoms. The third-order valence-corrected chi connectivity index (χ3v) is 11.2. The lowest BCUT2D eigenvalue weighted by Gasteiger charge is -2.20. The predicted molar refractivity (Wildman–Crippen MR) is 222 cm³/mol. The summed E-state index contributed by atoms with van der Waals surface area (Å²) in [5.74, 6) is -0.545. The molecule has 2 aromatic heterocycles. The predicted octanol–water partition coefficient (Wildman–Crippen LogP) is 6.82. The van der Waals surface area contributed by atoms with Gasteiger partial charge in [-0.3, -0.25) is 24.6 Å². The van der Waals surface area contributed by atoms with Gasteiger partial charge >= 0.3 is 5.97 Å². The maximum Gasteiger partial charge on any atom is 0.323 e. The van der Waals surface area contributed by atoms with E-state index in [0.717, 1.165) is 51.7 Å². The van der Waals surface area contributed by atoms with Crippen LogP contribution in [0.4, 0.5) is 0 Å². The maximum absolute atomic E-state index is 11.9. The van der Waals surface area contributed by atoms with Gasteiger partial charge in [0, 0.05) is 84.2 Å². The van der Waals surface area contributed by atoms with Crippen LogP contribution in [0.25, 0.3) is 33.2 Å². The molecule has 2 atom stereocenters. The van der Waals surface area contributed by atoms with Crippen LogP contribution in [0.5, 0.6) is 5.75 Å². The number of aliphatic hydroxyl groups excluding tert-OH is 1. The third-order valence-electron chi connectivity index (χ3n) is 10.5. The second-order valence-corrected chi connectivity index (χ2v) is 15.0. The average molecular weight is 819 g/mol. The summed E-state index contributed by atoms with van der Waals surface area (Å²) >= 11 is 14.0. The van der Waals surface area contributed by atoms with Crippen molar-refractivity contribution in [1.82, 2.24) is 30.3 Å². The van der Waals surface area contributed by atoms with Crippen molar-refractivity contribution < 1.29 is 24.5 Å². The van der Waals surface area contributed by atoms with Gasteiger partial charge in [-0.15, -0.1) is 0 Å². The molecule has 1 aliphatic rings. The monoisotopic (exact) mass is 817 g/mol. The minimum atomic E-state index is -1.19. The number of nitrogens with one attached hydrogen (secondary N) is 2. The molecule has 1 amide bonds. The maximum atomic E-state index is 11.9.